The van der Waals surface area contributed by atoms with Crippen molar-refractivity contribution in [1.29, 1.82) is 0 Å². The van der Waals surface area contributed by atoms with Gasteiger partial charge in [-0.15, -0.1) is 0 Å². The number of primary amides is 1. The van der Waals surface area contributed by atoms with Crippen molar-refractivity contribution in [1.82, 2.24) is 9.88 Å². The molecule has 2 N–H and O–H groups in total. The predicted octanol–water partition coefficient (Wildman–Crippen LogP) is 2.07. The monoisotopic (exact) mass is 381 g/mol. The first kappa shape index (κ1) is 18.4. The van der Waals surface area contributed by atoms with Crippen molar-refractivity contribution in [2.75, 3.05) is 19.8 Å². The van der Waals surface area contributed by atoms with E-state index in [1.807, 2.05) is 23.1 Å². The first-order chi connectivity index (χ1) is 13.6. The van der Waals surface area contributed by atoms with Crippen LogP contribution in [0.25, 0.3) is 0 Å². The van der Waals surface area contributed by atoms with E-state index in [9.17, 15) is 9.59 Å². The van der Waals surface area contributed by atoms with E-state index in [1.54, 1.807) is 24.5 Å². The average Bonchev–Trinajstić information content (AvgIpc) is 2.93. The number of hydrogen-bond acceptors (Lipinski definition) is 5. The Morgan fingerprint density at radius 3 is 2.71 bits per heavy atom. The standard InChI is InChI=1S/C21H23N3O4/c22-20(25)15-3-4-17-12-24(21(26)14-5-8-27-9-6-14)13-19(28-18(17)10-15)16-2-1-7-23-11-16/h1-4,7,10-11,14,19H,5-6,8-9,12-13H2,(H2,22,25). The predicted molar refractivity (Wildman–Crippen MR) is 102 cm³/mol. The fraction of sp³-hybridized carbons (Fsp3) is 0.381. The van der Waals surface area contributed by atoms with E-state index in [0.29, 0.717) is 37.6 Å². The molecule has 0 aliphatic carbocycles. The summed E-state index contributed by atoms with van der Waals surface area (Å²) in [6.45, 7) is 2.08. The van der Waals surface area contributed by atoms with Crippen LogP contribution in [-0.4, -0.2) is 41.5 Å². The third-order valence-corrected chi connectivity index (χ3v) is 5.31. The molecule has 2 amide bonds. The number of carbonyl (C=O) groups excluding carboxylic acids is 2. The van der Waals surface area contributed by atoms with E-state index in [4.69, 9.17) is 15.2 Å². The number of rotatable bonds is 3. The van der Waals surface area contributed by atoms with Gasteiger partial charge >= 0.3 is 0 Å². The van der Waals surface area contributed by atoms with Crippen LogP contribution in [-0.2, 0) is 16.1 Å². The molecule has 2 aliphatic heterocycles. The molecule has 0 saturated carbocycles. The van der Waals surface area contributed by atoms with Crippen LogP contribution in [0, 0.1) is 5.92 Å². The molecule has 1 unspecified atom stereocenters. The Labute approximate surface area is 163 Å². The minimum atomic E-state index is -0.510. The molecule has 0 radical (unpaired) electrons. The number of aromatic nitrogens is 1. The summed E-state index contributed by atoms with van der Waals surface area (Å²) in [7, 11) is 0. The van der Waals surface area contributed by atoms with Crippen molar-refractivity contribution in [3.63, 3.8) is 0 Å². The smallest absolute Gasteiger partial charge is 0.248 e. The van der Waals surface area contributed by atoms with E-state index in [0.717, 1.165) is 24.0 Å². The minimum absolute atomic E-state index is 0.0326. The molecule has 4 rings (SSSR count). The molecule has 1 saturated heterocycles. The van der Waals surface area contributed by atoms with Crippen molar-refractivity contribution in [2.24, 2.45) is 11.7 Å². The summed E-state index contributed by atoms with van der Waals surface area (Å²) >= 11 is 0. The second-order valence-corrected chi connectivity index (χ2v) is 7.19. The fourth-order valence-corrected chi connectivity index (χ4v) is 3.72. The van der Waals surface area contributed by atoms with Crippen molar-refractivity contribution < 1.29 is 19.1 Å². The number of nitrogens with zero attached hydrogens (tertiary/aromatic N) is 2. The Kier molecular flexibility index (Phi) is 5.25. The van der Waals surface area contributed by atoms with Gasteiger partial charge in [0.25, 0.3) is 0 Å². The third kappa shape index (κ3) is 3.84. The lowest BCUT2D eigenvalue weighted by Gasteiger charge is -2.30. The Balaban J connectivity index is 1.68. The number of pyridine rings is 1. The summed E-state index contributed by atoms with van der Waals surface area (Å²) < 4.78 is 11.6. The molecule has 2 aromatic rings. The molecule has 146 valence electrons. The minimum Gasteiger partial charge on any atom is -0.483 e. The number of amides is 2. The lowest BCUT2D eigenvalue weighted by atomic mass is 9.98. The van der Waals surface area contributed by atoms with E-state index in [1.165, 1.54) is 0 Å². The van der Waals surface area contributed by atoms with Gasteiger partial charge < -0.3 is 20.1 Å². The van der Waals surface area contributed by atoms with Gasteiger partial charge in [0.05, 0.1) is 6.54 Å². The third-order valence-electron chi connectivity index (χ3n) is 5.31. The summed E-state index contributed by atoms with van der Waals surface area (Å²) in [5, 5.41) is 0. The highest BCUT2D eigenvalue weighted by Crippen LogP contribution is 2.33. The zero-order chi connectivity index (χ0) is 19.5. The second kappa shape index (κ2) is 7.98. The first-order valence-corrected chi connectivity index (χ1v) is 9.47. The summed E-state index contributed by atoms with van der Waals surface area (Å²) in [6.07, 6.45) is 4.54. The summed E-state index contributed by atoms with van der Waals surface area (Å²) in [5.74, 6) is 0.151. The molecular formula is C21H23N3O4. The van der Waals surface area contributed by atoms with Gasteiger partial charge in [-0.3, -0.25) is 14.6 Å². The van der Waals surface area contributed by atoms with Gasteiger partial charge in [0.15, 0.2) is 0 Å². The molecule has 1 fully saturated rings. The van der Waals surface area contributed by atoms with E-state index >= 15 is 0 Å². The first-order valence-electron chi connectivity index (χ1n) is 9.47. The van der Waals surface area contributed by atoms with Gasteiger partial charge in [-0.25, -0.2) is 0 Å². The summed E-state index contributed by atoms with van der Waals surface area (Å²) in [4.78, 5) is 30.8. The number of ether oxygens (including phenoxy) is 2. The highest BCUT2D eigenvalue weighted by Gasteiger charge is 2.32. The summed E-state index contributed by atoms with van der Waals surface area (Å²) in [6, 6.07) is 8.91. The Morgan fingerprint density at radius 2 is 2.00 bits per heavy atom. The lowest BCUT2D eigenvalue weighted by molar-refractivity contribution is -0.140. The molecule has 7 heteroatoms. The van der Waals surface area contributed by atoms with Crippen LogP contribution < -0.4 is 10.5 Å². The largest absolute Gasteiger partial charge is 0.483 e. The van der Waals surface area contributed by atoms with Crippen LogP contribution in [0.2, 0.25) is 0 Å². The second-order valence-electron chi connectivity index (χ2n) is 7.19. The number of hydrogen-bond donors (Lipinski definition) is 1. The molecule has 7 nitrogen and oxygen atoms in total. The number of fused-ring (bicyclic) bond motifs is 1. The molecule has 28 heavy (non-hydrogen) atoms. The van der Waals surface area contributed by atoms with E-state index in [-0.39, 0.29) is 17.9 Å². The zero-order valence-corrected chi connectivity index (χ0v) is 15.5. The van der Waals surface area contributed by atoms with Crippen LogP contribution in [0.3, 0.4) is 0 Å². The van der Waals surface area contributed by atoms with Crippen molar-refractivity contribution in [3.8, 4) is 5.75 Å². The molecular weight excluding hydrogens is 358 g/mol. The van der Waals surface area contributed by atoms with E-state index in [2.05, 4.69) is 4.98 Å². The fourth-order valence-electron chi connectivity index (χ4n) is 3.72. The Bertz CT molecular complexity index is 865. The Hall–Kier alpha value is -2.93. The summed E-state index contributed by atoms with van der Waals surface area (Å²) in [5.41, 5.74) is 7.54. The van der Waals surface area contributed by atoms with Gasteiger partial charge in [-0.1, -0.05) is 12.1 Å². The highest BCUT2D eigenvalue weighted by molar-refractivity contribution is 5.93. The molecule has 0 bridgehead atoms. The highest BCUT2D eigenvalue weighted by atomic mass is 16.5. The van der Waals surface area contributed by atoms with E-state index < -0.39 is 5.91 Å². The average molecular weight is 381 g/mol. The zero-order valence-electron chi connectivity index (χ0n) is 15.5. The Morgan fingerprint density at radius 1 is 1.18 bits per heavy atom. The number of carbonyl (C=O) groups is 2. The molecule has 1 aromatic carbocycles. The quantitative estimate of drug-likeness (QED) is 0.878. The molecule has 1 aromatic heterocycles. The van der Waals surface area contributed by atoms with Crippen molar-refractivity contribution >= 4 is 11.8 Å². The van der Waals surface area contributed by atoms with Crippen molar-refractivity contribution in [2.45, 2.75) is 25.5 Å². The molecule has 0 spiro atoms. The number of benzene rings is 1. The SMILES string of the molecule is NC(=O)c1ccc2c(c1)OC(c1cccnc1)CN(C(=O)C1CCOCC1)C2. The topological polar surface area (TPSA) is 94.8 Å². The van der Waals surface area contributed by atoms with Crippen LogP contribution >= 0.6 is 0 Å². The normalized spacial score (nSPS) is 20.0. The molecule has 3 heterocycles. The maximum Gasteiger partial charge on any atom is 0.248 e. The number of nitrogens with two attached hydrogens (primary N) is 1. The van der Waals surface area contributed by atoms with Crippen LogP contribution in [0.4, 0.5) is 0 Å². The van der Waals surface area contributed by atoms with Crippen LogP contribution in [0.5, 0.6) is 5.75 Å². The van der Waals surface area contributed by atoms with Gasteiger partial charge in [0.1, 0.15) is 11.9 Å². The molecule has 2 aliphatic rings. The molecule has 1 atom stereocenters. The lowest BCUT2D eigenvalue weighted by Crippen LogP contribution is -2.40. The van der Waals surface area contributed by atoms with Gasteiger partial charge in [-0.05, 0) is 31.0 Å². The van der Waals surface area contributed by atoms with Crippen LogP contribution in [0.15, 0.2) is 42.7 Å². The van der Waals surface area contributed by atoms with Gasteiger partial charge in [-0.2, -0.15) is 0 Å². The maximum atomic E-state index is 13.2. The van der Waals surface area contributed by atoms with Gasteiger partial charge in [0.2, 0.25) is 11.8 Å². The maximum absolute atomic E-state index is 13.2. The van der Waals surface area contributed by atoms with Gasteiger partial charge in [0, 0.05) is 54.8 Å². The van der Waals surface area contributed by atoms with Crippen molar-refractivity contribution in [3.05, 3.63) is 59.4 Å². The van der Waals surface area contributed by atoms with Crippen LogP contribution in [0.1, 0.15) is 40.4 Å².